The van der Waals surface area contributed by atoms with Gasteiger partial charge in [0.1, 0.15) is 6.10 Å². The monoisotopic (exact) mass is 173 g/mol. The molecule has 4 heteroatoms. The summed E-state index contributed by atoms with van der Waals surface area (Å²) >= 11 is 0. The van der Waals surface area contributed by atoms with Crippen molar-refractivity contribution in [3.8, 4) is 0 Å². The summed E-state index contributed by atoms with van der Waals surface area (Å²) in [6.45, 7) is 4.59. The SMILES string of the molecule is CC(=O)N(C)CC1COC(C)O1. The molecular weight excluding hydrogens is 158 g/mol. The molecule has 1 rings (SSSR count). The minimum Gasteiger partial charge on any atom is -0.350 e. The van der Waals surface area contributed by atoms with Gasteiger partial charge >= 0.3 is 0 Å². The first kappa shape index (κ1) is 9.48. The minimum atomic E-state index is -0.129. The van der Waals surface area contributed by atoms with E-state index in [1.54, 1.807) is 18.9 Å². The first-order valence-electron chi connectivity index (χ1n) is 4.08. The first-order valence-corrected chi connectivity index (χ1v) is 4.08. The van der Waals surface area contributed by atoms with E-state index >= 15 is 0 Å². The van der Waals surface area contributed by atoms with Crippen LogP contribution in [0.4, 0.5) is 0 Å². The van der Waals surface area contributed by atoms with Crippen LogP contribution in [0.1, 0.15) is 13.8 Å². The number of hydrogen-bond acceptors (Lipinski definition) is 3. The lowest BCUT2D eigenvalue weighted by Gasteiger charge is -2.18. The van der Waals surface area contributed by atoms with Gasteiger partial charge < -0.3 is 14.4 Å². The molecule has 0 saturated carbocycles. The predicted octanol–water partition coefficient (Wildman–Crippen LogP) is 0.226. The van der Waals surface area contributed by atoms with Gasteiger partial charge in [-0.15, -0.1) is 0 Å². The molecule has 70 valence electrons. The maximum absolute atomic E-state index is 10.8. The van der Waals surface area contributed by atoms with Crippen molar-refractivity contribution < 1.29 is 14.3 Å². The molecule has 1 aliphatic heterocycles. The fourth-order valence-corrected chi connectivity index (χ4v) is 1.12. The van der Waals surface area contributed by atoms with E-state index in [2.05, 4.69) is 0 Å². The highest BCUT2D eigenvalue weighted by atomic mass is 16.7. The zero-order valence-electron chi connectivity index (χ0n) is 7.74. The topological polar surface area (TPSA) is 38.8 Å². The highest BCUT2D eigenvalue weighted by molar-refractivity contribution is 5.72. The molecule has 1 fully saturated rings. The van der Waals surface area contributed by atoms with Crippen LogP contribution in [0, 0.1) is 0 Å². The van der Waals surface area contributed by atoms with E-state index in [1.807, 2.05) is 6.92 Å². The van der Waals surface area contributed by atoms with Crippen LogP contribution in [0.25, 0.3) is 0 Å². The smallest absolute Gasteiger partial charge is 0.219 e. The van der Waals surface area contributed by atoms with Crippen LogP contribution in [0.15, 0.2) is 0 Å². The van der Waals surface area contributed by atoms with Crippen molar-refractivity contribution in [1.82, 2.24) is 4.90 Å². The van der Waals surface area contributed by atoms with Crippen LogP contribution in [-0.2, 0) is 14.3 Å². The van der Waals surface area contributed by atoms with Crippen LogP contribution in [0.3, 0.4) is 0 Å². The summed E-state index contributed by atoms with van der Waals surface area (Å²) in [6, 6.07) is 0. The highest BCUT2D eigenvalue weighted by Gasteiger charge is 2.23. The number of hydrogen-bond donors (Lipinski definition) is 0. The Labute approximate surface area is 72.4 Å². The third-order valence-electron chi connectivity index (χ3n) is 1.92. The molecule has 2 unspecified atom stereocenters. The number of likely N-dealkylation sites (N-methyl/N-ethyl adjacent to an activating group) is 1. The number of rotatable bonds is 2. The average molecular weight is 173 g/mol. The van der Waals surface area contributed by atoms with E-state index in [0.717, 1.165) is 0 Å². The lowest BCUT2D eigenvalue weighted by atomic mass is 10.3. The fraction of sp³-hybridized carbons (Fsp3) is 0.875. The van der Waals surface area contributed by atoms with Crippen molar-refractivity contribution in [3.05, 3.63) is 0 Å². The van der Waals surface area contributed by atoms with E-state index in [9.17, 15) is 4.79 Å². The van der Waals surface area contributed by atoms with Gasteiger partial charge in [0, 0.05) is 20.5 Å². The van der Waals surface area contributed by atoms with Crippen molar-refractivity contribution in [2.24, 2.45) is 0 Å². The third kappa shape index (κ3) is 2.46. The van der Waals surface area contributed by atoms with Crippen LogP contribution >= 0.6 is 0 Å². The lowest BCUT2D eigenvalue weighted by molar-refractivity contribution is -0.129. The van der Waals surface area contributed by atoms with Gasteiger partial charge in [-0.1, -0.05) is 0 Å². The summed E-state index contributed by atoms with van der Waals surface area (Å²) in [7, 11) is 1.76. The van der Waals surface area contributed by atoms with Gasteiger partial charge in [0.2, 0.25) is 5.91 Å². The van der Waals surface area contributed by atoms with Crippen molar-refractivity contribution in [3.63, 3.8) is 0 Å². The molecule has 1 heterocycles. The number of amides is 1. The van der Waals surface area contributed by atoms with E-state index in [-0.39, 0.29) is 18.3 Å². The van der Waals surface area contributed by atoms with E-state index < -0.39 is 0 Å². The number of nitrogens with zero attached hydrogens (tertiary/aromatic N) is 1. The van der Waals surface area contributed by atoms with Crippen LogP contribution in [0.5, 0.6) is 0 Å². The molecule has 0 aromatic heterocycles. The lowest BCUT2D eigenvalue weighted by Crippen LogP contribution is -2.33. The molecule has 0 spiro atoms. The predicted molar refractivity (Wildman–Crippen MR) is 43.6 cm³/mol. The summed E-state index contributed by atoms with van der Waals surface area (Å²) in [5.74, 6) is 0.0538. The molecule has 12 heavy (non-hydrogen) atoms. The van der Waals surface area contributed by atoms with E-state index in [1.165, 1.54) is 0 Å². The Kier molecular flexibility index (Phi) is 3.05. The Morgan fingerprint density at radius 2 is 2.33 bits per heavy atom. The van der Waals surface area contributed by atoms with Gasteiger partial charge in [-0.2, -0.15) is 0 Å². The Bertz CT molecular complexity index is 172. The third-order valence-corrected chi connectivity index (χ3v) is 1.92. The molecule has 0 aromatic carbocycles. The van der Waals surface area contributed by atoms with Crippen molar-refractivity contribution >= 4 is 5.91 Å². The molecule has 0 N–H and O–H groups in total. The zero-order valence-corrected chi connectivity index (χ0v) is 7.74. The van der Waals surface area contributed by atoms with Crippen molar-refractivity contribution in [2.75, 3.05) is 20.2 Å². The number of carbonyl (C=O) groups is 1. The molecule has 1 aliphatic rings. The van der Waals surface area contributed by atoms with Crippen LogP contribution in [-0.4, -0.2) is 43.4 Å². The van der Waals surface area contributed by atoms with Crippen LogP contribution in [0.2, 0.25) is 0 Å². The van der Waals surface area contributed by atoms with Crippen molar-refractivity contribution in [2.45, 2.75) is 26.2 Å². The number of carbonyl (C=O) groups excluding carboxylic acids is 1. The van der Waals surface area contributed by atoms with Gasteiger partial charge in [0.15, 0.2) is 6.29 Å². The van der Waals surface area contributed by atoms with Crippen molar-refractivity contribution in [1.29, 1.82) is 0 Å². The Morgan fingerprint density at radius 1 is 1.67 bits per heavy atom. The molecule has 0 radical (unpaired) electrons. The van der Waals surface area contributed by atoms with E-state index in [0.29, 0.717) is 13.2 Å². The standard InChI is InChI=1S/C8H15NO3/c1-6(10)9(3)4-8-5-11-7(2)12-8/h7-8H,4-5H2,1-3H3. The van der Waals surface area contributed by atoms with Gasteiger partial charge in [0.05, 0.1) is 6.61 Å². The maximum Gasteiger partial charge on any atom is 0.219 e. The van der Waals surface area contributed by atoms with Crippen LogP contribution < -0.4 is 0 Å². The summed E-state index contributed by atoms with van der Waals surface area (Å²) in [5, 5.41) is 0. The maximum atomic E-state index is 10.8. The molecule has 0 bridgehead atoms. The summed E-state index contributed by atoms with van der Waals surface area (Å²) in [6.07, 6.45) is -0.0933. The summed E-state index contributed by atoms with van der Waals surface area (Å²) in [4.78, 5) is 12.5. The Hall–Kier alpha value is -0.610. The second-order valence-electron chi connectivity index (χ2n) is 3.06. The summed E-state index contributed by atoms with van der Waals surface area (Å²) < 4.78 is 10.6. The fourth-order valence-electron chi connectivity index (χ4n) is 1.12. The van der Waals surface area contributed by atoms with Gasteiger partial charge in [-0.05, 0) is 6.92 Å². The molecule has 2 atom stereocenters. The van der Waals surface area contributed by atoms with Gasteiger partial charge in [-0.25, -0.2) is 0 Å². The first-order chi connectivity index (χ1) is 5.59. The van der Waals surface area contributed by atoms with E-state index in [4.69, 9.17) is 9.47 Å². The normalized spacial score (nSPS) is 28.9. The molecule has 0 aromatic rings. The van der Waals surface area contributed by atoms with Gasteiger partial charge in [0.25, 0.3) is 0 Å². The quantitative estimate of drug-likeness (QED) is 0.600. The molecule has 1 saturated heterocycles. The highest BCUT2D eigenvalue weighted by Crippen LogP contribution is 2.11. The second kappa shape index (κ2) is 3.87. The number of ether oxygens (including phenoxy) is 2. The molecule has 4 nitrogen and oxygen atoms in total. The molecule has 1 amide bonds. The Morgan fingerprint density at radius 3 is 2.75 bits per heavy atom. The Balaban J connectivity index is 2.27. The second-order valence-corrected chi connectivity index (χ2v) is 3.06. The zero-order chi connectivity index (χ0) is 9.14. The minimum absolute atomic E-state index is 0.0360. The average Bonchev–Trinajstić information content (AvgIpc) is 2.35. The summed E-state index contributed by atoms with van der Waals surface area (Å²) in [5.41, 5.74) is 0. The molecule has 0 aliphatic carbocycles. The van der Waals surface area contributed by atoms with Gasteiger partial charge in [-0.3, -0.25) is 4.79 Å². The largest absolute Gasteiger partial charge is 0.350 e. The molecular formula is C8H15NO3.